The minimum absolute atomic E-state index is 0.916. The lowest BCUT2D eigenvalue weighted by molar-refractivity contribution is 1.32. The van der Waals surface area contributed by atoms with Gasteiger partial charge in [-0.3, -0.25) is 0 Å². The first-order valence-electron chi connectivity index (χ1n) is 21.4. The molecule has 11 rings (SSSR count). The lowest BCUT2D eigenvalue weighted by atomic mass is 9.92. The van der Waals surface area contributed by atoms with Crippen LogP contribution in [0.3, 0.4) is 0 Å². The number of allylic oxidation sites excluding steroid dienone is 2. The van der Waals surface area contributed by atoms with Crippen LogP contribution in [0.2, 0.25) is 0 Å². The van der Waals surface area contributed by atoms with Crippen molar-refractivity contribution in [2.75, 3.05) is 0 Å². The van der Waals surface area contributed by atoms with Crippen LogP contribution in [-0.4, -0.2) is 9.97 Å². The van der Waals surface area contributed by atoms with Gasteiger partial charge < -0.3 is 0 Å². The van der Waals surface area contributed by atoms with Gasteiger partial charge in [0, 0.05) is 22.3 Å². The number of aromatic nitrogens is 2. The van der Waals surface area contributed by atoms with E-state index in [1.54, 1.807) is 0 Å². The van der Waals surface area contributed by atoms with Crippen molar-refractivity contribution in [3.05, 3.63) is 247 Å². The molecule has 0 radical (unpaired) electrons. The third-order valence-electron chi connectivity index (χ3n) is 11.9. The summed E-state index contributed by atoms with van der Waals surface area (Å²) in [7, 11) is 0. The highest BCUT2D eigenvalue weighted by atomic mass is 14.7. The Morgan fingerprint density at radius 1 is 0.317 bits per heavy atom. The Hall–Kier alpha value is -8.42. The first kappa shape index (κ1) is 37.6. The largest absolute Gasteiger partial charge is 0.248 e. The lowest BCUT2D eigenvalue weighted by Crippen LogP contribution is -1.93. The van der Waals surface area contributed by atoms with E-state index in [1.165, 1.54) is 27.5 Å². The third-order valence-corrected chi connectivity index (χ3v) is 11.9. The molecule has 0 aliphatic heterocycles. The molecule has 0 spiro atoms. The summed E-state index contributed by atoms with van der Waals surface area (Å²) in [5.41, 5.74) is 22.7. The summed E-state index contributed by atoms with van der Waals surface area (Å²) < 4.78 is 0. The molecule has 10 aromatic rings. The van der Waals surface area contributed by atoms with Crippen LogP contribution in [0, 0.1) is 0 Å². The van der Waals surface area contributed by atoms with Gasteiger partial charge in [-0.05, 0) is 121 Å². The maximum absolute atomic E-state index is 5.31. The molecule has 63 heavy (non-hydrogen) atoms. The molecule has 0 atom stereocenters. The summed E-state index contributed by atoms with van der Waals surface area (Å²) in [6, 6.07) is 77.8. The van der Waals surface area contributed by atoms with Crippen molar-refractivity contribution < 1.29 is 0 Å². The Morgan fingerprint density at radius 3 is 1.40 bits per heavy atom. The number of hydrogen-bond donors (Lipinski definition) is 0. The summed E-state index contributed by atoms with van der Waals surface area (Å²) >= 11 is 0. The predicted octanol–water partition coefficient (Wildman–Crippen LogP) is 16.2. The van der Waals surface area contributed by atoms with Crippen molar-refractivity contribution in [3.8, 4) is 89.5 Å². The molecular formula is C61H40N2. The molecule has 2 heterocycles. The molecule has 0 N–H and O–H groups in total. The molecule has 2 aromatic heterocycles. The Bertz CT molecular complexity index is 3420. The smallest absolute Gasteiger partial charge is 0.0715 e. The average molecular weight is 801 g/mol. The van der Waals surface area contributed by atoms with Crippen LogP contribution in [0.25, 0.3) is 112 Å². The number of fused-ring (bicyclic) bond motifs is 2. The van der Waals surface area contributed by atoms with Gasteiger partial charge in [0.15, 0.2) is 0 Å². The van der Waals surface area contributed by atoms with Crippen LogP contribution >= 0.6 is 0 Å². The van der Waals surface area contributed by atoms with Crippen LogP contribution in [0.1, 0.15) is 11.1 Å². The van der Waals surface area contributed by atoms with E-state index in [-0.39, 0.29) is 0 Å². The normalized spacial score (nSPS) is 11.7. The Kier molecular flexibility index (Phi) is 9.88. The zero-order valence-electron chi connectivity index (χ0n) is 34.5. The first-order chi connectivity index (χ1) is 31.2. The van der Waals surface area contributed by atoms with E-state index in [0.29, 0.717) is 0 Å². The zero-order valence-corrected chi connectivity index (χ0v) is 34.5. The second kappa shape index (κ2) is 16.6. The minimum Gasteiger partial charge on any atom is -0.248 e. The van der Waals surface area contributed by atoms with E-state index >= 15 is 0 Å². The molecule has 294 valence electrons. The Morgan fingerprint density at radius 2 is 0.762 bits per heavy atom. The highest BCUT2D eigenvalue weighted by Crippen LogP contribution is 2.38. The highest BCUT2D eigenvalue weighted by Gasteiger charge is 2.15. The number of nitrogens with zero attached hydrogens (tertiary/aromatic N) is 2. The zero-order chi connectivity index (χ0) is 42.0. The molecule has 2 heteroatoms. The van der Waals surface area contributed by atoms with Gasteiger partial charge in [-0.25, -0.2) is 9.97 Å². The van der Waals surface area contributed by atoms with Gasteiger partial charge in [-0.2, -0.15) is 0 Å². The van der Waals surface area contributed by atoms with Gasteiger partial charge in [0.05, 0.1) is 22.8 Å². The molecule has 0 amide bonds. The van der Waals surface area contributed by atoms with Gasteiger partial charge in [-0.15, -0.1) is 5.73 Å². The van der Waals surface area contributed by atoms with Crippen LogP contribution in [0.15, 0.2) is 236 Å². The lowest BCUT2D eigenvalue weighted by Gasteiger charge is -2.14. The number of pyridine rings is 2. The molecule has 2 nitrogen and oxygen atoms in total. The van der Waals surface area contributed by atoms with Gasteiger partial charge in [0.25, 0.3) is 0 Å². The summed E-state index contributed by atoms with van der Waals surface area (Å²) in [6.07, 6.45) is 8.22. The molecule has 0 saturated carbocycles. The standard InChI is InChI=1S/C61H40N2/c1-5-19-44(20-6-1)58-38-52(40-60(62-58)50-29-13-27-48(36-50)56-33-15-23-42-17-4-3-9-31-54(42)56)46-25-12-26-47(35-46)53-39-59(45-21-7-2-8-22-45)63-61(41-53)51-30-14-28-49(37-51)57-34-16-24-43-18-10-11-32-55(43)57/h1-8,10-41H. The molecule has 0 unspecified atom stereocenters. The monoisotopic (exact) mass is 800 g/mol. The van der Waals surface area contributed by atoms with Crippen molar-refractivity contribution in [1.29, 1.82) is 0 Å². The molecule has 8 aromatic carbocycles. The Balaban J connectivity index is 1.02. The van der Waals surface area contributed by atoms with Crippen molar-refractivity contribution in [2.24, 2.45) is 0 Å². The van der Waals surface area contributed by atoms with Gasteiger partial charge in [0.2, 0.25) is 0 Å². The summed E-state index contributed by atoms with van der Waals surface area (Å²) in [5.74, 6) is 0. The molecule has 1 aliphatic carbocycles. The van der Waals surface area contributed by atoms with E-state index < -0.39 is 0 Å². The molecule has 0 saturated heterocycles. The van der Waals surface area contributed by atoms with Gasteiger partial charge in [-0.1, -0.05) is 188 Å². The fourth-order valence-electron chi connectivity index (χ4n) is 8.73. The molecule has 0 bridgehead atoms. The predicted molar refractivity (Wildman–Crippen MR) is 265 cm³/mol. The maximum Gasteiger partial charge on any atom is 0.0715 e. The van der Waals surface area contributed by atoms with Crippen molar-refractivity contribution >= 4 is 22.9 Å². The van der Waals surface area contributed by atoms with Crippen molar-refractivity contribution in [2.45, 2.75) is 0 Å². The molecule has 0 fully saturated rings. The maximum atomic E-state index is 5.31. The van der Waals surface area contributed by atoms with Crippen LogP contribution in [0.4, 0.5) is 0 Å². The number of benzene rings is 8. The summed E-state index contributed by atoms with van der Waals surface area (Å²) in [5, 5.41) is 2.47. The van der Waals surface area contributed by atoms with E-state index in [2.05, 4.69) is 236 Å². The first-order valence-corrected chi connectivity index (χ1v) is 21.4. The molecular weight excluding hydrogens is 761 g/mol. The van der Waals surface area contributed by atoms with Gasteiger partial charge in [0.1, 0.15) is 0 Å². The Labute approximate surface area is 368 Å². The van der Waals surface area contributed by atoms with Crippen LogP contribution < -0.4 is 0 Å². The molecule has 1 aliphatic rings. The van der Waals surface area contributed by atoms with Crippen LogP contribution in [0.5, 0.6) is 0 Å². The van der Waals surface area contributed by atoms with Crippen molar-refractivity contribution in [3.63, 3.8) is 0 Å². The summed E-state index contributed by atoms with van der Waals surface area (Å²) in [4.78, 5) is 10.6. The van der Waals surface area contributed by atoms with E-state index in [9.17, 15) is 0 Å². The fourth-order valence-corrected chi connectivity index (χ4v) is 8.73. The van der Waals surface area contributed by atoms with Crippen LogP contribution in [-0.2, 0) is 0 Å². The number of hydrogen-bond acceptors (Lipinski definition) is 2. The minimum atomic E-state index is 0.916. The topological polar surface area (TPSA) is 25.8 Å². The second-order valence-electron chi connectivity index (χ2n) is 15.9. The fraction of sp³-hybridized carbons (Fsp3) is 0. The third kappa shape index (κ3) is 7.64. The summed E-state index contributed by atoms with van der Waals surface area (Å²) in [6.45, 7) is 0. The van der Waals surface area contributed by atoms with Gasteiger partial charge >= 0.3 is 0 Å². The average Bonchev–Trinajstić information content (AvgIpc) is 3.63. The van der Waals surface area contributed by atoms with Crippen molar-refractivity contribution in [1.82, 2.24) is 9.97 Å². The van der Waals surface area contributed by atoms with E-state index in [1.807, 2.05) is 12.2 Å². The van der Waals surface area contributed by atoms with E-state index in [4.69, 9.17) is 9.97 Å². The second-order valence-corrected chi connectivity index (χ2v) is 15.9. The van der Waals surface area contributed by atoms with E-state index in [0.717, 1.165) is 84.0 Å². The quantitative estimate of drug-likeness (QED) is 0.143. The SMILES string of the molecule is C1=CC=Cc2cccc(-c3cccc(-c4cc(-c5cccc(-c6cc(-c7ccccc7)nc(-c7cccc(-c8cccc9ccccc89)c7)c6)c5)cc(-c5ccccc5)n4)c3)c2C=1. The highest BCUT2D eigenvalue weighted by molar-refractivity contribution is 5.97. The number of rotatable bonds is 8.